The summed E-state index contributed by atoms with van der Waals surface area (Å²) in [7, 11) is -3.82. The summed E-state index contributed by atoms with van der Waals surface area (Å²) < 4.78 is 33.3. The minimum atomic E-state index is -3.82. The predicted octanol–water partition coefficient (Wildman–Crippen LogP) is 4.42. The zero-order valence-electron chi connectivity index (χ0n) is 16.3. The van der Waals surface area contributed by atoms with Crippen molar-refractivity contribution < 1.29 is 23.1 Å². The number of hydrogen-bond acceptors (Lipinski definition) is 6. The first-order valence-electron chi connectivity index (χ1n) is 9.03. The van der Waals surface area contributed by atoms with Crippen LogP contribution in [0, 0.1) is 6.92 Å². The predicted molar refractivity (Wildman–Crippen MR) is 117 cm³/mol. The lowest BCUT2D eigenvalue weighted by Crippen LogP contribution is -2.12. The number of thiazole rings is 1. The Morgan fingerprint density at radius 1 is 1.17 bits per heavy atom. The monoisotopic (exact) mass is 444 g/mol. The molecule has 30 heavy (non-hydrogen) atoms. The summed E-state index contributed by atoms with van der Waals surface area (Å²) in [6, 6.07) is 13.4. The van der Waals surface area contributed by atoms with Crippen molar-refractivity contribution in [2.75, 3.05) is 11.3 Å². The molecule has 0 aliphatic carbocycles. The van der Waals surface area contributed by atoms with Gasteiger partial charge in [0.2, 0.25) is 0 Å². The quantitative estimate of drug-likeness (QED) is 0.499. The van der Waals surface area contributed by atoms with Crippen molar-refractivity contribution in [2.45, 2.75) is 18.7 Å². The molecule has 156 valence electrons. The number of aliphatic carboxylic acids is 1. The first-order valence-corrected chi connectivity index (χ1v) is 11.3. The van der Waals surface area contributed by atoms with E-state index >= 15 is 0 Å². The van der Waals surface area contributed by atoms with E-state index in [9.17, 15) is 13.2 Å². The largest absolute Gasteiger partial charge is 0.494 e. The van der Waals surface area contributed by atoms with E-state index < -0.39 is 16.0 Å². The van der Waals surface area contributed by atoms with E-state index in [2.05, 4.69) is 9.71 Å². The van der Waals surface area contributed by atoms with E-state index in [1.165, 1.54) is 41.7 Å². The highest BCUT2D eigenvalue weighted by Crippen LogP contribution is 2.32. The fourth-order valence-electron chi connectivity index (χ4n) is 2.68. The maximum atomic E-state index is 12.7. The number of rotatable bonds is 8. The molecule has 0 radical (unpaired) electrons. The summed E-state index contributed by atoms with van der Waals surface area (Å²) in [6.45, 7) is 4.37. The zero-order chi connectivity index (χ0) is 21.7. The summed E-state index contributed by atoms with van der Waals surface area (Å²) in [5.41, 5.74) is 2.15. The Balaban J connectivity index is 1.79. The van der Waals surface area contributed by atoms with E-state index in [1.807, 2.05) is 38.1 Å². The van der Waals surface area contributed by atoms with Gasteiger partial charge in [-0.15, -0.1) is 11.3 Å². The number of aryl methyl sites for hydroxylation is 1. The molecule has 0 aliphatic rings. The van der Waals surface area contributed by atoms with Crippen LogP contribution >= 0.6 is 11.3 Å². The number of aromatic nitrogens is 1. The molecule has 0 amide bonds. The average Bonchev–Trinajstić information content (AvgIpc) is 3.07. The maximum Gasteiger partial charge on any atom is 0.328 e. The molecule has 0 spiro atoms. The Bertz CT molecular complexity index is 1170. The molecule has 0 aliphatic heterocycles. The number of carboxylic acids is 1. The molecular formula is C21H20N2O5S2. The molecule has 1 aromatic heterocycles. The smallest absolute Gasteiger partial charge is 0.328 e. The van der Waals surface area contributed by atoms with Gasteiger partial charge in [0.25, 0.3) is 10.0 Å². The number of hydrogen-bond donors (Lipinski definition) is 2. The van der Waals surface area contributed by atoms with Crippen LogP contribution in [-0.4, -0.2) is 31.1 Å². The van der Waals surface area contributed by atoms with Crippen molar-refractivity contribution in [1.82, 2.24) is 4.98 Å². The molecule has 9 heteroatoms. The molecule has 0 saturated carbocycles. The fourth-order valence-corrected chi connectivity index (χ4v) is 4.75. The SMILES string of the molecule is CCOc1ccc(-c2nc(NS(=O)(=O)c3ccc(C=CC(=O)O)cc3)sc2C)cc1. The normalized spacial score (nSPS) is 11.5. The lowest BCUT2D eigenvalue weighted by Gasteiger charge is -2.05. The molecule has 7 nitrogen and oxygen atoms in total. The second-order valence-electron chi connectivity index (χ2n) is 6.23. The minimum absolute atomic E-state index is 0.0606. The molecule has 3 aromatic rings. The molecule has 0 saturated heterocycles. The van der Waals surface area contributed by atoms with Crippen LogP contribution in [-0.2, 0) is 14.8 Å². The number of benzene rings is 2. The number of nitrogens with one attached hydrogen (secondary N) is 1. The Labute approximate surface area is 178 Å². The van der Waals surface area contributed by atoms with E-state index in [0.29, 0.717) is 17.9 Å². The number of carbonyl (C=O) groups is 1. The van der Waals surface area contributed by atoms with Crippen molar-refractivity contribution in [3.05, 3.63) is 65.0 Å². The van der Waals surface area contributed by atoms with Gasteiger partial charge < -0.3 is 9.84 Å². The third kappa shape index (κ3) is 5.25. The molecule has 2 N–H and O–H groups in total. The number of anilines is 1. The van der Waals surface area contributed by atoms with Crippen LogP contribution in [0.5, 0.6) is 5.75 Å². The van der Waals surface area contributed by atoms with Gasteiger partial charge in [-0.05, 0) is 61.9 Å². The van der Waals surface area contributed by atoms with Gasteiger partial charge in [-0.3, -0.25) is 4.72 Å². The van der Waals surface area contributed by atoms with Gasteiger partial charge in [0.05, 0.1) is 17.2 Å². The van der Waals surface area contributed by atoms with Gasteiger partial charge in [-0.2, -0.15) is 0 Å². The van der Waals surface area contributed by atoms with Gasteiger partial charge in [-0.1, -0.05) is 12.1 Å². The second kappa shape index (κ2) is 9.10. The average molecular weight is 445 g/mol. The van der Waals surface area contributed by atoms with Crippen molar-refractivity contribution in [3.8, 4) is 17.0 Å². The first kappa shape index (κ1) is 21.5. The molecule has 0 atom stereocenters. The van der Waals surface area contributed by atoms with Crippen LogP contribution in [0.25, 0.3) is 17.3 Å². The number of sulfonamides is 1. The van der Waals surface area contributed by atoms with Crippen molar-refractivity contribution >= 4 is 38.5 Å². The lowest BCUT2D eigenvalue weighted by atomic mass is 10.1. The molecule has 3 rings (SSSR count). The Hall–Kier alpha value is -3.17. The van der Waals surface area contributed by atoms with Crippen molar-refractivity contribution in [1.29, 1.82) is 0 Å². The standard InChI is InChI=1S/C21H20N2O5S2/c1-3-28-17-9-7-16(8-10-17)20-14(2)29-21(22-20)23-30(26,27)18-11-4-15(5-12-18)6-13-19(24)25/h4-13H,3H2,1-2H3,(H,22,23)(H,24,25). The van der Waals surface area contributed by atoms with Crippen LogP contribution in [0.4, 0.5) is 5.13 Å². The fraction of sp³-hybridized carbons (Fsp3) is 0.143. The van der Waals surface area contributed by atoms with Crippen LogP contribution in [0.15, 0.2) is 59.5 Å². The Kier molecular flexibility index (Phi) is 6.53. The second-order valence-corrected chi connectivity index (χ2v) is 9.11. The van der Waals surface area contributed by atoms with Crippen LogP contribution in [0.3, 0.4) is 0 Å². The van der Waals surface area contributed by atoms with Crippen LogP contribution in [0.1, 0.15) is 17.4 Å². The van der Waals surface area contributed by atoms with Gasteiger partial charge in [0, 0.05) is 16.5 Å². The molecule has 1 heterocycles. The molecule has 0 bridgehead atoms. The van der Waals surface area contributed by atoms with Gasteiger partial charge in [0.1, 0.15) is 5.75 Å². The van der Waals surface area contributed by atoms with E-state index in [0.717, 1.165) is 22.3 Å². The van der Waals surface area contributed by atoms with E-state index in [-0.39, 0.29) is 10.0 Å². The minimum Gasteiger partial charge on any atom is -0.494 e. The lowest BCUT2D eigenvalue weighted by molar-refractivity contribution is -0.131. The highest BCUT2D eigenvalue weighted by molar-refractivity contribution is 7.93. The summed E-state index contributed by atoms with van der Waals surface area (Å²) in [6.07, 6.45) is 2.38. The molecule has 0 unspecified atom stereocenters. The van der Waals surface area contributed by atoms with Crippen LogP contribution < -0.4 is 9.46 Å². The Morgan fingerprint density at radius 3 is 2.43 bits per heavy atom. The van der Waals surface area contributed by atoms with Crippen LogP contribution in [0.2, 0.25) is 0 Å². The summed E-state index contributed by atoms with van der Waals surface area (Å²) in [5, 5.41) is 8.93. The topological polar surface area (TPSA) is 106 Å². The third-order valence-corrected chi connectivity index (χ3v) is 6.44. The number of ether oxygens (including phenoxy) is 1. The maximum absolute atomic E-state index is 12.7. The van der Waals surface area contributed by atoms with Crippen molar-refractivity contribution in [2.24, 2.45) is 0 Å². The first-order chi connectivity index (χ1) is 14.3. The van der Waals surface area contributed by atoms with Gasteiger partial charge >= 0.3 is 5.97 Å². The molecular weight excluding hydrogens is 424 g/mol. The highest BCUT2D eigenvalue weighted by atomic mass is 32.2. The van der Waals surface area contributed by atoms with Crippen molar-refractivity contribution in [3.63, 3.8) is 0 Å². The molecule has 2 aromatic carbocycles. The Morgan fingerprint density at radius 2 is 1.83 bits per heavy atom. The van der Waals surface area contributed by atoms with E-state index in [1.54, 1.807) is 0 Å². The number of nitrogens with zero attached hydrogens (tertiary/aromatic N) is 1. The third-order valence-electron chi connectivity index (χ3n) is 4.07. The summed E-state index contributed by atoms with van der Waals surface area (Å²) in [4.78, 5) is 16.0. The van der Waals surface area contributed by atoms with E-state index in [4.69, 9.17) is 9.84 Å². The zero-order valence-corrected chi connectivity index (χ0v) is 18.0. The highest BCUT2D eigenvalue weighted by Gasteiger charge is 2.18. The van der Waals surface area contributed by atoms with Gasteiger partial charge in [-0.25, -0.2) is 18.2 Å². The molecule has 0 fully saturated rings. The van der Waals surface area contributed by atoms with Gasteiger partial charge in [0.15, 0.2) is 5.13 Å². The number of carboxylic acid groups (broad SMARTS) is 1. The summed E-state index contributed by atoms with van der Waals surface area (Å²) in [5.74, 6) is -0.312. The summed E-state index contributed by atoms with van der Waals surface area (Å²) >= 11 is 1.25.